The van der Waals surface area contributed by atoms with Crippen LogP contribution in [0.2, 0.25) is 0 Å². The number of aliphatic carboxylic acids is 1. The van der Waals surface area contributed by atoms with E-state index in [1.165, 1.54) is 26.3 Å². The van der Waals surface area contributed by atoms with Gasteiger partial charge < -0.3 is 15.2 Å². The minimum absolute atomic E-state index is 0.0270. The van der Waals surface area contributed by atoms with E-state index in [2.05, 4.69) is 10.0 Å². The number of hydrogen-bond donors (Lipinski definition) is 3. The number of carboxylic acid groups (broad SMARTS) is 1. The molecule has 0 bridgehead atoms. The van der Waals surface area contributed by atoms with E-state index in [-0.39, 0.29) is 22.1 Å². The van der Waals surface area contributed by atoms with Crippen LogP contribution in [0.15, 0.2) is 23.1 Å². The van der Waals surface area contributed by atoms with Crippen LogP contribution in [0.5, 0.6) is 5.75 Å². The average molecular weight is 358 g/mol. The summed E-state index contributed by atoms with van der Waals surface area (Å²) in [6.07, 6.45) is 0.569. The first kappa shape index (κ1) is 19.9. The molecule has 0 aliphatic heterocycles. The number of hydrogen-bond acceptors (Lipinski definition) is 5. The Kier molecular flexibility index (Phi) is 6.73. The van der Waals surface area contributed by atoms with Gasteiger partial charge in [-0.3, -0.25) is 4.79 Å². The van der Waals surface area contributed by atoms with Crippen molar-refractivity contribution in [3.05, 3.63) is 23.8 Å². The lowest BCUT2D eigenvalue weighted by Gasteiger charge is -2.20. The standard InChI is InChI=1S/C15H22N2O6S/c1-5-9(2)13(15(19)20)17-14(18)10-6-7-11(23-4)12(8-10)24(21,22)16-3/h6-9,13,16H,5H2,1-4H3,(H,17,18)(H,19,20). The van der Waals surface area contributed by atoms with E-state index >= 15 is 0 Å². The Morgan fingerprint density at radius 2 is 1.96 bits per heavy atom. The molecule has 1 aromatic rings. The lowest BCUT2D eigenvalue weighted by Crippen LogP contribution is -2.45. The van der Waals surface area contributed by atoms with Crippen LogP contribution in [0.4, 0.5) is 0 Å². The van der Waals surface area contributed by atoms with E-state index in [1.54, 1.807) is 6.92 Å². The number of rotatable bonds is 8. The lowest BCUT2D eigenvalue weighted by atomic mass is 9.99. The fourth-order valence-corrected chi connectivity index (χ4v) is 2.96. The van der Waals surface area contributed by atoms with Crippen LogP contribution in [0.3, 0.4) is 0 Å². The second kappa shape index (κ2) is 8.11. The molecule has 2 atom stereocenters. The van der Waals surface area contributed by atoms with E-state index in [0.29, 0.717) is 6.42 Å². The summed E-state index contributed by atoms with van der Waals surface area (Å²) in [4.78, 5) is 23.4. The first-order valence-electron chi connectivity index (χ1n) is 7.33. The molecule has 0 aliphatic carbocycles. The molecule has 0 saturated carbocycles. The molecular formula is C15H22N2O6S. The smallest absolute Gasteiger partial charge is 0.326 e. The minimum Gasteiger partial charge on any atom is -0.495 e. The predicted octanol–water partition coefficient (Wildman–Crippen LogP) is 0.832. The summed E-state index contributed by atoms with van der Waals surface area (Å²) in [7, 11) is -1.28. The van der Waals surface area contributed by atoms with Crippen molar-refractivity contribution in [3.8, 4) is 5.75 Å². The van der Waals surface area contributed by atoms with Crippen molar-refractivity contribution < 1.29 is 27.9 Å². The third kappa shape index (κ3) is 4.45. The summed E-state index contributed by atoms with van der Waals surface area (Å²) in [6.45, 7) is 3.53. The van der Waals surface area contributed by atoms with E-state index in [1.807, 2.05) is 6.92 Å². The van der Waals surface area contributed by atoms with Crippen LogP contribution in [0.1, 0.15) is 30.6 Å². The highest BCUT2D eigenvalue weighted by Crippen LogP contribution is 2.24. The molecule has 24 heavy (non-hydrogen) atoms. The van der Waals surface area contributed by atoms with Crippen molar-refractivity contribution in [1.29, 1.82) is 0 Å². The molecule has 8 nitrogen and oxygen atoms in total. The molecule has 1 rings (SSSR count). The highest BCUT2D eigenvalue weighted by Gasteiger charge is 2.27. The van der Waals surface area contributed by atoms with Gasteiger partial charge in [-0.2, -0.15) is 0 Å². The van der Waals surface area contributed by atoms with Crippen molar-refractivity contribution in [2.24, 2.45) is 5.92 Å². The topological polar surface area (TPSA) is 122 Å². The minimum atomic E-state index is -3.83. The summed E-state index contributed by atoms with van der Waals surface area (Å²) in [5.41, 5.74) is 0.0270. The zero-order valence-electron chi connectivity index (χ0n) is 14.0. The number of sulfonamides is 1. The summed E-state index contributed by atoms with van der Waals surface area (Å²) in [5, 5.41) is 11.7. The van der Waals surface area contributed by atoms with Crippen LogP contribution >= 0.6 is 0 Å². The summed E-state index contributed by atoms with van der Waals surface area (Å²) >= 11 is 0. The van der Waals surface area contributed by atoms with Gasteiger partial charge in [0, 0.05) is 5.56 Å². The normalized spacial score (nSPS) is 13.8. The second-order valence-corrected chi connectivity index (χ2v) is 7.10. The molecule has 1 aromatic carbocycles. The van der Waals surface area contributed by atoms with Crippen molar-refractivity contribution in [3.63, 3.8) is 0 Å². The van der Waals surface area contributed by atoms with Crippen LogP contribution in [0, 0.1) is 5.92 Å². The molecule has 0 aromatic heterocycles. The van der Waals surface area contributed by atoms with E-state index in [4.69, 9.17) is 4.74 Å². The fraction of sp³-hybridized carbons (Fsp3) is 0.467. The Labute approximate surface area is 141 Å². The maximum absolute atomic E-state index is 12.3. The molecule has 0 saturated heterocycles. The number of amides is 1. The molecule has 1 amide bonds. The number of benzene rings is 1. The van der Waals surface area contributed by atoms with Gasteiger partial charge in [-0.05, 0) is 31.2 Å². The zero-order chi connectivity index (χ0) is 18.5. The molecular weight excluding hydrogens is 336 g/mol. The highest BCUT2D eigenvalue weighted by atomic mass is 32.2. The number of carboxylic acids is 1. The zero-order valence-corrected chi connectivity index (χ0v) is 14.8. The molecule has 2 unspecified atom stereocenters. The van der Waals surface area contributed by atoms with Gasteiger partial charge in [-0.1, -0.05) is 20.3 Å². The van der Waals surface area contributed by atoms with Gasteiger partial charge in [0.15, 0.2) is 0 Å². The number of nitrogens with one attached hydrogen (secondary N) is 2. The Morgan fingerprint density at radius 3 is 2.42 bits per heavy atom. The monoisotopic (exact) mass is 358 g/mol. The predicted molar refractivity (Wildman–Crippen MR) is 87.6 cm³/mol. The molecule has 9 heteroatoms. The van der Waals surface area contributed by atoms with Crippen LogP contribution in [0.25, 0.3) is 0 Å². The third-order valence-corrected chi connectivity index (χ3v) is 5.19. The second-order valence-electron chi connectivity index (χ2n) is 5.25. The van der Waals surface area contributed by atoms with Gasteiger partial charge in [0.25, 0.3) is 5.91 Å². The Balaban J connectivity index is 3.21. The summed E-state index contributed by atoms with van der Waals surface area (Å²) in [6, 6.07) is 2.81. The van der Waals surface area contributed by atoms with Gasteiger partial charge in [0.1, 0.15) is 16.7 Å². The SMILES string of the molecule is CCC(C)C(NC(=O)c1ccc(OC)c(S(=O)(=O)NC)c1)C(=O)O. The highest BCUT2D eigenvalue weighted by molar-refractivity contribution is 7.89. The molecule has 134 valence electrons. The van der Waals surface area contributed by atoms with E-state index < -0.39 is 27.9 Å². The summed E-state index contributed by atoms with van der Waals surface area (Å²) in [5.74, 6) is -2.00. The maximum atomic E-state index is 12.3. The van der Waals surface area contributed by atoms with Gasteiger partial charge >= 0.3 is 5.97 Å². The Hall–Kier alpha value is -2.13. The molecule has 0 fully saturated rings. The number of ether oxygens (including phenoxy) is 1. The Bertz CT molecular complexity index is 717. The van der Waals surface area contributed by atoms with Gasteiger partial charge in [0.05, 0.1) is 7.11 Å². The molecule has 0 aliphatic rings. The average Bonchev–Trinajstić information content (AvgIpc) is 2.57. The van der Waals surface area contributed by atoms with Crippen molar-refractivity contribution >= 4 is 21.9 Å². The van der Waals surface area contributed by atoms with E-state index in [0.717, 1.165) is 6.07 Å². The molecule has 0 heterocycles. The fourth-order valence-electron chi connectivity index (χ4n) is 2.05. The largest absolute Gasteiger partial charge is 0.495 e. The van der Waals surface area contributed by atoms with Gasteiger partial charge in [0.2, 0.25) is 10.0 Å². The lowest BCUT2D eigenvalue weighted by molar-refractivity contribution is -0.140. The van der Waals surface area contributed by atoms with Gasteiger partial charge in [-0.15, -0.1) is 0 Å². The van der Waals surface area contributed by atoms with Crippen molar-refractivity contribution in [2.45, 2.75) is 31.2 Å². The number of carbonyl (C=O) groups is 2. The number of methoxy groups -OCH3 is 1. The van der Waals surface area contributed by atoms with Crippen molar-refractivity contribution in [2.75, 3.05) is 14.2 Å². The summed E-state index contributed by atoms with van der Waals surface area (Å²) < 4.78 is 31.2. The Morgan fingerprint density at radius 1 is 1.33 bits per heavy atom. The molecule has 3 N–H and O–H groups in total. The van der Waals surface area contributed by atoms with Crippen molar-refractivity contribution in [1.82, 2.24) is 10.0 Å². The molecule has 0 radical (unpaired) electrons. The third-order valence-electron chi connectivity index (χ3n) is 3.75. The molecule has 0 spiro atoms. The van der Waals surface area contributed by atoms with Crippen LogP contribution in [-0.4, -0.2) is 45.6 Å². The van der Waals surface area contributed by atoms with Gasteiger partial charge in [-0.25, -0.2) is 17.9 Å². The maximum Gasteiger partial charge on any atom is 0.326 e. The van der Waals surface area contributed by atoms with E-state index in [9.17, 15) is 23.1 Å². The van der Waals surface area contributed by atoms with Crippen LogP contribution < -0.4 is 14.8 Å². The number of carbonyl (C=O) groups excluding carboxylic acids is 1. The quantitative estimate of drug-likeness (QED) is 0.633. The first-order chi connectivity index (χ1) is 11.2. The first-order valence-corrected chi connectivity index (χ1v) is 8.81. The van der Waals surface area contributed by atoms with Crippen LogP contribution in [-0.2, 0) is 14.8 Å².